The van der Waals surface area contributed by atoms with E-state index < -0.39 is 0 Å². The minimum atomic E-state index is -0.267. The fourth-order valence-electron chi connectivity index (χ4n) is 2.27. The number of benzene rings is 1. The maximum atomic E-state index is 12.7. The lowest BCUT2D eigenvalue weighted by Gasteiger charge is -2.31. The standard InChI is InChI=1S/C14H19FN2O/c1-11-3-2-8-17(10-11)14(18)9-16-13-6-4-12(15)5-7-13/h4-7,11,16H,2-3,8-10H2,1H3. The first-order valence-electron chi connectivity index (χ1n) is 6.42. The van der Waals surface area contributed by atoms with Crippen LogP contribution in [0.5, 0.6) is 0 Å². The fraction of sp³-hybridized carbons (Fsp3) is 0.500. The van der Waals surface area contributed by atoms with Gasteiger partial charge < -0.3 is 10.2 Å². The number of halogens is 1. The second-order valence-electron chi connectivity index (χ2n) is 4.95. The third kappa shape index (κ3) is 3.45. The highest BCUT2D eigenvalue weighted by molar-refractivity contribution is 5.80. The van der Waals surface area contributed by atoms with Gasteiger partial charge in [0, 0.05) is 18.8 Å². The molecule has 0 radical (unpaired) electrons. The van der Waals surface area contributed by atoms with Crippen molar-refractivity contribution in [2.45, 2.75) is 19.8 Å². The van der Waals surface area contributed by atoms with Crippen molar-refractivity contribution in [2.24, 2.45) is 5.92 Å². The summed E-state index contributed by atoms with van der Waals surface area (Å²) in [6, 6.07) is 6.05. The third-order valence-electron chi connectivity index (χ3n) is 3.30. The third-order valence-corrected chi connectivity index (χ3v) is 3.30. The number of anilines is 1. The van der Waals surface area contributed by atoms with Crippen LogP contribution in [-0.2, 0) is 4.79 Å². The van der Waals surface area contributed by atoms with E-state index in [2.05, 4.69) is 12.2 Å². The number of hydrogen-bond acceptors (Lipinski definition) is 2. The van der Waals surface area contributed by atoms with Gasteiger partial charge in [0.1, 0.15) is 5.82 Å². The van der Waals surface area contributed by atoms with Crippen molar-refractivity contribution >= 4 is 11.6 Å². The molecule has 1 fully saturated rings. The van der Waals surface area contributed by atoms with Gasteiger partial charge in [-0.25, -0.2) is 4.39 Å². The Labute approximate surface area is 107 Å². The van der Waals surface area contributed by atoms with E-state index in [4.69, 9.17) is 0 Å². The molecule has 0 spiro atoms. The summed E-state index contributed by atoms with van der Waals surface area (Å²) in [6.07, 6.45) is 2.29. The lowest BCUT2D eigenvalue weighted by molar-refractivity contribution is -0.130. The van der Waals surface area contributed by atoms with Crippen LogP contribution in [0.3, 0.4) is 0 Å². The molecule has 1 unspecified atom stereocenters. The molecule has 0 bridgehead atoms. The molecule has 1 heterocycles. The molecule has 0 saturated carbocycles. The number of carbonyl (C=O) groups is 1. The smallest absolute Gasteiger partial charge is 0.241 e. The van der Waals surface area contributed by atoms with E-state index >= 15 is 0 Å². The Hall–Kier alpha value is -1.58. The lowest BCUT2D eigenvalue weighted by Crippen LogP contribution is -2.41. The van der Waals surface area contributed by atoms with E-state index in [9.17, 15) is 9.18 Å². The summed E-state index contributed by atoms with van der Waals surface area (Å²) in [6.45, 7) is 4.16. The van der Waals surface area contributed by atoms with Crippen molar-refractivity contribution in [1.29, 1.82) is 0 Å². The largest absolute Gasteiger partial charge is 0.376 e. The molecule has 1 aliphatic rings. The maximum absolute atomic E-state index is 12.7. The van der Waals surface area contributed by atoms with Crippen LogP contribution in [0.2, 0.25) is 0 Å². The maximum Gasteiger partial charge on any atom is 0.241 e. The van der Waals surface area contributed by atoms with Gasteiger partial charge in [-0.3, -0.25) is 4.79 Å². The van der Waals surface area contributed by atoms with Crippen molar-refractivity contribution in [3.63, 3.8) is 0 Å². The molecule has 1 aliphatic heterocycles. The number of piperidine rings is 1. The van der Waals surface area contributed by atoms with Crippen LogP contribution in [0.1, 0.15) is 19.8 Å². The molecule has 3 nitrogen and oxygen atoms in total. The van der Waals surface area contributed by atoms with E-state index in [0.29, 0.717) is 5.92 Å². The van der Waals surface area contributed by atoms with Crippen molar-refractivity contribution in [1.82, 2.24) is 4.90 Å². The molecule has 1 N–H and O–H groups in total. The molecule has 1 amide bonds. The number of likely N-dealkylation sites (tertiary alicyclic amines) is 1. The van der Waals surface area contributed by atoms with Crippen molar-refractivity contribution in [3.8, 4) is 0 Å². The molecular weight excluding hydrogens is 231 g/mol. The van der Waals surface area contributed by atoms with Gasteiger partial charge in [-0.1, -0.05) is 6.92 Å². The average molecular weight is 250 g/mol. The van der Waals surface area contributed by atoms with Gasteiger partial charge in [0.2, 0.25) is 5.91 Å². The van der Waals surface area contributed by atoms with Gasteiger partial charge in [-0.05, 0) is 43.0 Å². The van der Waals surface area contributed by atoms with E-state index in [1.165, 1.54) is 18.6 Å². The number of nitrogens with zero attached hydrogens (tertiary/aromatic N) is 1. The quantitative estimate of drug-likeness (QED) is 0.894. The molecule has 1 aromatic carbocycles. The SMILES string of the molecule is CC1CCCN(C(=O)CNc2ccc(F)cc2)C1. The summed E-state index contributed by atoms with van der Waals surface area (Å²) in [5.41, 5.74) is 0.773. The van der Waals surface area contributed by atoms with Crippen molar-refractivity contribution in [2.75, 3.05) is 25.0 Å². The zero-order valence-corrected chi connectivity index (χ0v) is 10.7. The van der Waals surface area contributed by atoms with Crippen LogP contribution in [0.4, 0.5) is 10.1 Å². The number of carbonyl (C=O) groups excluding carboxylic acids is 1. The van der Waals surface area contributed by atoms with Gasteiger partial charge in [-0.15, -0.1) is 0 Å². The molecular formula is C14H19FN2O. The highest BCUT2D eigenvalue weighted by Crippen LogP contribution is 2.15. The van der Waals surface area contributed by atoms with Gasteiger partial charge in [0.15, 0.2) is 0 Å². The number of rotatable bonds is 3. The topological polar surface area (TPSA) is 32.3 Å². The van der Waals surface area contributed by atoms with Crippen LogP contribution in [0.15, 0.2) is 24.3 Å². The van der Waals surface area contributed by atoms with Gasteiger partial charge in [0.05, 0.1) is 6.54 Å². The lowest BCUT2D eigenvalue weighted by atomic mass is 10.0. The molecule has 1 atom stereocenters. The van der Waals surface area contributed by atoms with Gasteiger partial charge in [-0.2, -0.15) is 0 Å². The van der Waals surface area contributed by atoms with Gasteiger partial charge >= 0.3 is 0 Å². The Morgan fingerprint density at radius 2 is 2.17 bits per heavy atom. The zero-order chi connectivity index (χ0) is 13.0. The monoisotopic (exact) mass is 250 g/mol. The predicted octanol–water partition coefficient (Wildman–Crippen LogP) is 2.50. The first-order chi connectivity index (χ1) is 8.65. The number of nitrogens with one attached hydrogen (secondary N) is 1. The molecule has 98 valence electrons. The van der Waals surface area contributed by atoms with Crippen LogP contribution < -0.4 is 5.32 Å². The predicted molar refractivity (Wildman–Crippen MR) is 69.9 cm³/mol. The van der Waals surface area contributed by atoms with Crippen LogP contribution >= 0.6 is 0 Å². The summed E-state index contributed by atoms with van der Waals surface area (Å²) >= 11 is 0. The second-order valence-corrected chi connectivity index (χ2v) is 4.95. The van der Waals surface area contributed by atoms with Gasteiger partial charge in [0.25, 0.3) is 0 Å². The minimum Gasteiger partial charge on any atom is -0.376 e. The van der Waals surface area contributed by atoms with Crippen molar-refractivity contribution < 1.29 is 9.18 Å². The minimum absolute atomic E-state index is 0.117. The van der Waals surface area contributed by atoms with Crippen molar-refractivity contribution in [3.05, 3.63) is 30.1 Å². The Kier molecular flexibility index (Phi) is 4.18. The number of hydrogen-bond donors (Lipinski definition) is 1. The molecule has 18 heavy (non-hydrogen) atoms. The normalized spacial score (nSPS) is 19.7. The van der Waals surface area contributed by atoms with Crippen LogP contribution in [0.25, 0.3) is 0 Å². The highest BCUT2D eigenvalue weighted by Gasteiger charge is 2.20. The molecule has 0 aliphatic carbocycles. The van der Waals surface area contributed by atoms with E-state index in [-0.39, 0.29) is 18.3 Å². The zero-order valence-electron chi connectivity index (χ0n) is 10.7. The Morgan fingerprint density at radius 1 is 1.44 bits per heavy atom. The van der Waals surface area contributed by atoms with Crippen LogP contribution in [-0.4, -0.2) is 30.4 Å². The number of amides is 1. The molecule has 1 saturated heterocycles. The first-order valence-corrected chi connectivity index (χ1v) is 6.42. The second kappa shape index (κ2) is 5.85. The van der Waals surface area contributed by atoms with E-state index in [1.54, 1.807) is 12.1 Å². The summed E-state index contributed by atoms with van der Waals surface area (Å²) in [4.78, 5) is 13.9. The first kappa shape index (κ1) is 12.9. The Bertz CT molecular complexity index is 405. The molecule has 2 rings (SSSR count). The Morgan fingerprint density at radius 3 is 2.83 bits per heavy atom. The van der Waals surface area contributed by atoms with E-state index in [0.717, 1.165) is 25.2 Å². The average Bonchev–Trinajstić information content (AvgIpc) is 2.38. The Balaban J connectivity index is 1.82. The molecule has 4 heteroatoms. The highest BCUT2D eigenvalue weighted by atomic mass is 19.1. The summed E-state index contributed by atoms with van der Waals surface area (Å²) in [7, 11) is 0. The summed E-state index contributed by atoms with van der Waals surface area (Å²) < 4.78 is 12.7. The molecule has 0 aromatic heterocycles. The summed E-state index contributed by atoms with van der Waals surface area (Å²) in [5.74, 6) is 0.441. The molecule has 1 aromatic rings. The summed E-state index contributed by atoms with van der Waals surface area (Å²) in [5, 5.41) is 3.03. The van der Waals surface area contributed by atoms with E-state index in [1.807, 2.05) is 4.90 Å². The fourth-order valence-corrected chi connectivity index (χ4v) is 2.27. The van der Waals surface area contributed by atoms with Crippen LogP contribution in [0, 0.1) is 11.7 Å².